The van der Waals surface area contributed by atoms with E-state index in [9.17, 15) is 18.3 Å². The van der Waals surface area contributed by atoms with Crippen LogP contribution in [0, 0.1) is 6.92 Å². The summed E-state index contributed by atoms with van der Waals surface area (Å²) in [6.45, 7) is 4.70. The zero-order chi connectivity index (χ0) is 31.9. The summed E-state index contributed by atoms with van der Waals surface area (Å²) < 4.78 is 27.1. The average Bonchev–Trinajstić information content (AvgIpc) is 3.45. The molecule has 2 aliphatic rings. The van der Waals surface area contributed by atoms with Crippen LogP contribution in [0.1, 0.15) is 27.7 Å². The third-order valence-corrected chi connectivity index (χ3v) is 10.1. The quantitative estimate of drug-likeness (QED) is 0.280. The molecule has 2 aromatic carbocycles. The van der Waals surface area contributed by atoms with Crippen LogP contribution < -0.4 is 10.2 Å². The largest absolute Gasteiger partial charge is 0.394 e. The van der Waals surface area contributed by atoms with Crippen LogP contribution in [0.5, 0.6) is 0 Å². The summed E-state index contributed by atoms with van der Waals surface area (Å²) in [4.78, 5) is 26.6. The summed E-state index contributed by atoms with van der Waals surface area (Å²) in [7, 11) is -3.21. The highest BCUT2D eigenvalue weighted by molar-refractivity contribution is 7.88. The van der Waals surface area contributed by atoms with Crippen molar-refractivity contribution >= 4 is 56.5 Å². The summed E-state index contributed by atoms with van der Waals surface area (Å²) in [5, 5.41) is 14.4. The molecule has 6 rings (SSSR count). The number of aliphatic hydroxyl groups excluding tert-OH is 1. The molecule has 0 unspecified atom stereocenters. The van der Waals surface area contributed by atoms with Crippen molar-refractivity contribution in [2.24, 2.45) is 0 Å². The minimum atomic E-state index is -3.21. The molecule has 2 aromatic heterocycles. The van der Waals surface area contributed by atoms with Gasteiger partial charge in [-0.25, -0.2) is 18.4 Å². The SMILES string of the molecule is Cc1cnc(Nc2ccc(N3CCN(S(C)(=O)=O)CC3)cc2Cl)nc1-c1cc2n(c1)CCN([C@H](CO)c1cccc(Cl)c1)C2=O. The van der Waals surface area contributed by atoms with Gasteiger partial charge in [0.1, 0.15) is 5.69 Å². The molecule has 4 heterocycles. The van der Waals surface area contributed by atoms with Crippen molar-refractivity contribution in [2.75, 3.05) is 55.8 Å². The Morgan fingerprint density at radius 2 is 1.80 bits per heavy atom. The molecule has 11 nitrogen and oxygen atoms in total. The van der Waals surface area contributed by atoms with E-state index in [4.69, 9.17) is 28.2 Å². The molecule has 0 saturated carbocycles. The molecular formula is C31H33Cl2N7O4S. The summed E-state index contributed by atoms with van der Waals surface area (Å²) in [5.41, 5.74) is 5.13. The fourth-order valence-corrected chi connectivity index (χ4v) is 7.11. The van der Waals surface area contributed by atoms with Crippen molar-refractivity contribution < 1.29 is 18.3 Å². The molecule has 2 aliphatic heterocycles. The highest BCUT2D eigenvalue weighted by Gasteiger charge is 2.32. The van der Waals surface area contributed by atoms with E-state index in [1.165, 1.54) is 10.6 Å². The lowest BCUT2D eigenvalue weighted by Gasteiger charge is -2.34. The number of hydrogen-bond acceptors (Lipinski definition) is 8. The Morgan fingerprint density at radius 1 is 1.02 bits per heavy atom. The molecule has 1 saturated heterocycles. The highest BCUT2D eigenvalue weighted by Crippen LogP contribution is 2.33. The van der Waals surface area contributed by atoms with Gasteiger partial charge in [-0.05, 0) is 54.4 Å². The standard InChI is InChI=1S/C31H33Cl2N7O4S/c1-20-17-34-31(35-26-7-6-24(16-25(26)33)37-8-11-39(12-9-37)45(2,43)44)36-29(20)22-15-27-30(42)40(13-10-38(27)18-22)28(19-41)21-4-3-5-23(32)14-21/h3-7,14-18,28,41H,8-13,19H2,1-2H3,(H,34,35,36)/t28-/m1/s1. The van der Waals surface area contributed by atoms with Gasteiger partial charge < -0.3 is 24.8 Å². The first-order valence-electron chi connectivity index (χ1n) is 14.5. The van der Waals surface area contributed by atoms with E-state index in [2.05, 4.69) is 15.2 Å². The fourth-order valence-electron chi connectivity index (χ4n) is 5.86. The molecule has 0 bridgehead atoms. The van der Waals surface area contributed by atoms with Crippen molar-refractivity contribution in [3.8, 4) is 11.3 Å². The van der Waals surface area contributed by atoms with E-state index in [0.29, 0.717) is 72.3 Å². The lowest BCUT2D eigenvalue weighted by atomic mass is 10.0. The normalized spacial score (nSPS) is 16.5. The van der Waals surface area contributed by atoms with Crippen LogP contribution in [0.4, 0.5) is 17.3 Å². The van der Waals surface area contributed by atoms with Gasteiger partial charge in [0.15, 0.2) is 0 Å². The monoisotopic (exact) mass is 669 g/mol. The number of carbonyl (C=O) groups excluding carboxylic acids is 1. The number of sulfonamides is 1. The summed E-state index contributed by atoms with van der Waals surface area (Å²) in [6, 6.07) is 14.2. The molecule has 0 aliphatic carbocycles. The van der Waals surface area contributed by atoms with Crippen LogP contribution in [0.2, 0.25) is 10.0 Å². The third kappa shape index (κ3) is 6.52. The van der Waals surface area contributed by atoms with E-state index in [-0.39, 0.29) is 12.5 Å². The maximum absolute atomic E-state index is 13.6. The number of rotatable bonds is 8. The maximum Gasteiger partial charge on any atom is 0.271 e. The Hall–Kier alpha value is -3.68. The average molecular weight is 671 g/mol. The molecule has 1 amide bonds. The minimum Gasteiger partial charge on any atom is -0.394 e. The summed E-state index contributed by atoms with van der Waals surface area (Å²) in [6.07, 6.45) is 4.87. The van der Waals surface area contributed by atoms with Crippen LogP contribution in [0.3, 0.4) is 0 Å². The van der Waals surface area contributed by atoms with Crippen molar-refractivity contribution in [3.05, 3.63) is 87.8 Å². The first kappa shape index (κ1) is 31.3. The van der Waals surface area contributed by atoms with Crippen molar-refractivity contribution in [2.45, 2.75) is 19.5 Å². The van der Waals surface area contributed by atoms with Crippen LogP contribution in [0.15, 0.2) is 60.9 Å². The first-order chi connectivity index (χ1) is 21.5. The molecule has 45 heavy (non-hydrogen) atoms. The first-order valence-corrected chi connectivity index (χ1v) is 17.1. The van der Waals surface area contributed by atoms with Gasteiger partial charge in [-0.2, -0.15) is 4.31 Å². The van der Waals surface area contributed by atoms with E-state index < -0.39 is 16.1 Å². The second-order valence-electron chi connectivity index (χ2n) is 11.2. The number of carbonyl (C=O) groups is 1. The third-order valence-electron chi connectivity index (χ3n) is 8.26. The number of aliphatic hydroxyl groups is 1. The summed E-state index contributed by atoms with van der Waals surface area (Å²) >= 11 is 12.8. The van der Waals surface area contributed by atoms with E-state index in [1.54, 1.807) is 23.2 Å². The molecule has 0 spiro atoms. The van der Waals surface area contributed by atoms with Gasteiger partial charge >= 0.3 is 0 Å². The molecule has 4 aromatic rings. The Kier molecular flexibility index (Phi) is 8.77. The van der Waals surface area contributed by atoms with Crippen LogP contribution in [-0.2, 0) is 16.6 Å². The molecule has 14 heteroatoms. The molecule has 2 N–H and O–H groups in total. The van der Waals surface area contributed by atoms with E-state index >= 15 is 0 Å². The van der Waals surface area contributed by atoms with E-state index in [1.807, 2.05) is 54.1 Å². The number of aromatic nitrogens is 3. The number of piperazine rings is 1. The molecule has 1 atom stereocenters. The van der Waals surface area contributed by atoms with Crippen molar-refractivity contribution in [1.82, 2.24) is 23.7 Å². The number of halogens is 2. The maximum atomic E-state index is 13.6. The number of anilines is 3. The number of hydrogen-bond donors (Lipinski definition) is 2. The topological polar surface area (TPSA) is 124 Å². The Labute approximate surface area is 272 Å². The van der Waals surface area contributed by atoms with Gasteiger partial charge in [-0.1, -0.05) is 35.3 Å². The zero-order valence-corrected chi connectivity index (χ0v) is 27.1. The Morgan fingerprint density at radius 3 is 2.49 bits per heavy atom. The van der Waals surface area contributed by atoms with Gasteiger partial charge in [0.2, 0.25) is 16.0 Å². The van der Waals surface area contributed by atoms with Gasteiger partial charge in [0.05, 0.1) is 35.3 Å². The second kappa shape index (κ2) is 12.6. The van der Waals surface area contributed by atoms with Gasteiger partial charge in [-0.3, -0.25) is 4.79 Å². The van der Waals surface area contributed by atoms with Crippen LogP contribution in [-0.4, -0.2) is 88.8 Å². The number of nitrogens with one attached hydrogen (secondary N) is 1. The predicted molar refractivity (Wildman–Crippen MR) is 176 cm³/mol. The van der Waals surface area contributed by atoms with E-state index in [0.717, 1.165) is 22.4 Å². The number of fused-ring (bicyclic) bond motifs is 1. The number of amides is 1. The second-order valence-corrected chi connectivity index (χ2v) is 14.0. The minimum absolute atomic E-state index is 0.179. The van der Waals surface area contributed by atoms with Crippen LogP contribution in [0.25, 0.3) is 11.3 Å². The lowest BCUT2D eigenvalue weighted by Crippen LogP contribution is -2.48. The summed E-state index contributed by atoms with van der Waals surface area (Å²) in [5.74, 6) is 0.173. The molecular weight excluding hydrogens is 637 g/mol. The number of nitrogens with zero attached hydrogens (tertiary/aromatic N) is 6. The van der Waals surface area contributed by atoms with Crippen LogP contribution >= 0.6 is 23.2 Å². The lowest BCUT2D eigenvalue weighted by molar-refractivity contribution is 0.0526. The molecule has 236 valence electrons. The smallest absolute Gasteiger partial charge is 0.271 e. The Bertz CT molecular complexity index is 1860. The Balaban J connectivity index is 1.19. The number of aryl methyl sites for hydroxylation is 1. The number of benzene rings is 2. The van der Waals surface area contributed by atoms with Crippen molar-refractivity contribution in [3.63, 3.8) is 0 Å². The zero-order valence-electron chi connectivity index (χ0n) is 24.8. The van der Waals surface area contributed by atoms with Gasteiger partial charge in [0, 0.05) is 67.9 Å². The van der Waals surface area contributed by atoms with Gasteiger partial charge in [-0.15, -0.1) is 0 Å². The van der Waals surface area contributed by atoms with Gasteiger partial charge in [0.25, 0.3) is 5.91 Å². The predicted octanol–water partition coefficient (Wildman–Crippen LogP) is 4.57. The molecule has 0 radical (unpaired) electrons. The highest BCUT2D eigenvalue weighted by atomic mass is 35.5. The fraction of sp³-hybridized carbons (Fsp3) is 0.323. The molecule has 1 fully saturated rings. The van der Waals surface area contributed by atoms with Crippen molar-refractivity contribution in [1.29, 1.82) is 0 Å².